The highest BCUT2D eigenvalue weighted by atomic mass is 16.6. The van der Waals surface area contributed by atoms with Crippen molar-refractivity contribution in [2.45, 2.75) is 52.1 Å². The maximum absolute atomic E-state index is 12.0. The molecule has 0 aromatic carbocycles. The fourth-order valence-corrected chi connectivity index (χ4v) is 2.01. The van der Waals surface area contributed by atoms with Gasteiger partial charge in [0.25, 0.3) is 0 Å². The molecule has 0 amide bonds. The molecule has 1 aliphatic heterocycles. The smallest absolute Gasteiger partial charge is 0.333 e. The lowest BCUT2D eigenvalue weighted by molar-refractivity contribution is -0.221. The molecule has 7 heteroatoms. The second kappa shape index (κ2) is 8.62. The Morgan fingerprint density at radius 2 is 1.20 bits per heavy atom. The van der Waals surface area contributed by atoms with Crippen LogP contribution in [-0.2, 0) is 33.3 Å². The summed E-state index contributed by atoms with van der Waals surface area (Å²) in [5.74, 6) is -2.01. The summed E-state index contributed by atoms with van der Waals surface area (Å²) in [5.41, 5.74) is 0.520. The maximum Gasteiger partial charge on any atom is 0.333 e. The predicted molar refractivity (Wildman–Crippen MR) is 89.5 cm³/mol. The zero-order chi connectivity index (χ0) is 19.3. The quantitative estimate of drug-likeness (QED) is 0.409. The van der Waals surface area contributed by atoms with E-state index in [4.69, 9.17) is 18.9 Å². The summed E-state index contributed by atoms with van der Waals surface area (Å²) < 4.78 is 21.5. The van der Waals surface area contributed by atoms with Crippen LogP contribution >= 0.6 is 0 Å². The first-order chi connectivity index (χ1) is 11.5. The van der Waals surface area contributed by atoms with Crippen molar-refractivity contribution in [2.24, 2.45) is 0 Å². The second-order valence-electron chi connectivity index (χ2n) is 6.06. The van der Waals surface area contributed by atoms with E-state index in [1.807, 2.05) is 0 Å². The molecule has 1 rings (SSSR count). The molecule has 7 nitrogen and oxygen atoms in total. The molecule has 1 fully saturated rings. The van der Waals surface area contributed by atoms with Crippen molar-refractivity contribution in [3.8, 4) is 0 Å². The average molecular weight is 352 g/mol. The number of esters is 3. The van der Waals surface area contributed by atoms with Crippen LogP contribution in [0.5, 0.6) is 0 Å². The summed E-state index contributed by atoms with van der Waals surface area (Å²) in [7, 11) is 0. The van der Waals surface area contributed by atoms with E-state index < -0.39 is 42.3 Å². The van der Waals surface area contributed by atoms with E-state index in [-0.39, 0.29) is 23.3 Å². The largest absolute Gasteiger partial charge is 0.452 e. The summed E-state index contributed by atoms with van der Waals surface area (Å²) in [6.45, 7) is 16.6. The minimum absolute atomic E-state index is 0.0184. The van der Waals surface area contributed by atoms with Gasteiger partial charge in [-0.25, -0.2) is 14.4 Å². The first kappa shape index (κ1) is 20.6. The van der Waals surface area contributed by atoms with E-state index in [0.29, 0.717) is 0 Å². The molecule has 4 atom stereocenters. The summed E-state index contributed by atoms with van der Waals surface area (Å²) in [5, 5.41) is 0. The van der Waals surface area contributed by atoms with Crippen LogP contribution in [0, 0.1) is 0 Å². The summed E-state index contributed by atoms with van der Waals surface area (Å²) in [6, 6.07) is 0. The number of carbonyl (C=O) groups excluding carboxylic acids is 3. The molecule has 0 N–H and O–H groups in total. The Kier molecular flexibility index (Phi) is 7.11. The Labute approximate surface area is 147 Å². The van der Waals surface area contributed by atoms with Crippen LogP contribution in [0.4, 0.5) is 0 Å². The number of hydrogen-bond donors (Lipinski definition) is 0. The standard InChI is InChI=1S/C18H24O7/c1-9(2)16(19)23-13-8-22-12(7)14(24-17(20)10(3)4)15(13)25-18(21)11(5)6/h12-15H,1,3,5,8H2,2,4,6-7H3/t12?,13-,14-,15-/m1/s1. The molecule has 1 unspecified atom stereocenters. The average Bonchev–Trinajstić information content (AvgIpc) is 2.52. The van der Waals surface area contributed by atoms with Gasteiger partial charge in [0.2, 0.25) is 0 Å². The zero-order valence-electron chi connectivity index (χ0n) is 15.0. The molecule has 0 aromatic heterocycles. The third kappa shape index (κ3) is 5.56. The number of rotatable bonds is 6. The number of ether oxygens (including phenoxy) is 4. The van der Waals surface area contributed by atoms with Gasteiger partial charge in [0.05, 0.1) is 12.7 Å². The zero-order valence-corrected chi connectivity index (χ0v) is 15.0. The third-order valence-corrected chi connectivity index (χ3v) is 3.47. The van der Waals surface area contributed by atoms with Crippen LogP contribution in [0.2, 0.25) is 0 Å². The highest BCUT2D eigenvalue weighted by Crippen LogP contribution is 2.25. The molecule has 1 saturated heterocycles. The molecule has 0 spiro atoms. The van der Waals surface area contributed by atoms with Gasteiger partial charge in [0.15, 0.2) is 18.3 Å². The van der Waals surface area contributed by atoms with Crippen molar-refractivity contribution in [2.75, 3.05) is 6.61 Å². The maximum atomic E-state index is 12.0. The Morgan fingerprint density at radius 3 is 1.64 bits per heavy atom. The highest BCUT2D eigenvalue weighted by molar-refractivity contribution is 5.88. The summed E-state index contributed by atoms with van der Waals surface area (Å²) >= 11 is 0. The molecule has 0 saturated carbocycles. The van der Waals surface area contributed by atoms with Gasteiger partial charge in [0, 0.05) is 16.7 Å². The molecule has 0 bridgehead atoms. The lowest BCUT2D eigenvalue weighted by Crippen LogP contribution is -2.57. The van der Waals surface area contributed by atoms with Gasteiger partial charge in [-0.1, -0.05) is 19.7 Å². The lowest BCUT2D eigenvalue weighted by atomic mass is 10.00. The van der Waals surface area contributed by atoms with Crippen LogP contribution in [-0.4, -0.2) is 48.9 Å². The van der Waals surface area contributed by atoms with Gasteiger partial charge >= 0.3 is 17.9 Å². The van der Waals surface area contributed by atoms with Crippen molar-refractivity contribution >= 4 is 17.9 Å². The van der Waals surface area contributed by atoms with Crippen molar-refractivity contribution in [1.82, 2.24) is 0 Å². The van der Waals surface area contributed by atoms with Crippen LogP contribution in [0.3, 0.4) is 0 Å². The Hall–Kier alpha value is -2.41. The first-order valence-corrected chi connectivity index (χ1v) is 7.75. The Bertz CT molecular complexity index is 605. The summed E-state index contributed by atoms with van der Waals surface area (Å²) in [6.07, 6.45) is -3.54. The minimum Gasteiger partial charge on any atom is -0.452 e. The SMILES string of the molecule is C=C(C)C(=O)O[C@H]1[C@H](OC(=O)C(=C)C)C(C)OC[C@H]1OC(=O)C(=C)C. The summed E-state index contributed by atoms with van der Waals surface area (Å²) in [4.78, 5) is 35.7. The molecule has 0 aromatic rings. The minimum atomic E-state index is -1.04. The van der Waals surface area contributed by atoms with Crippen molar-refractivity contribution in [3.05, 3.63) is 36.5 Å². The van der Waals surface area contributed by atoms with Crippen LogP contribution in [0.25, 0.3) is 0 Å². The van der Waals surface area contributed by atoms with Gasteiger partial charge in [-0.15, -0.1) is 0 Å². The van der Waals surface area contributed by atoms with Crippen molar-refractivity contribution < 1.29 is 33.3 Å². The number of hydrogen-bond acceptors (Lipinski definition) is 7. The van der Waals surface area contributed by atoms with Crippen LogP contribution in [0.1, 0.15) is 27.7 Å². The molecular weight excluding hydrogens is 328 g/mol. The van der Waals surface area contributed by atoms with Gasteiger partial charge < -0.3 is 18.9 Å². The van der Waals surface area contributed by atoms with Gasteiger partial charge in [-0.2, -0.15) is 0 Å². The molecule has 138 valence electrons. The van der Waals surface area contributed by atoms with E-state index in [9.17, 15) is 14.4 Å². The molecule has 1 heterocycles. The topological polar surface area (TPSA) is 88.1 Å². The normalized spacial score (nSPS) is 25.4. The van der Waals surface area contributed by atoms with E-state index in [2.05, 4.69) is 19.7 Å². The van der Waals surface area contributed by atoms with Gasteiger partial charge in [-0.05, 0) is 27.7 Å². The van der Waals surface area contributed by atoms with Crippen LogP contribution in [0.15, 0.2) is 36.5 Å². The molecular formula is C18H24O7. The molecule has 1 aliphatic rings. The van der Waals surface area contributed by atoms with E-state index >= 15 is 0 Å². The predicted octanol–water partition coefficient (Wildman–Crippen LogP) is 1.87. The van der Waals surface area contributed by atoms with Gasteiger partial charge in [-0.3, -0.25) is 0 Å². The van der Waals surface area contributed by atoms with E-state index in [1.165, 1.54) is 20.8 Å². The van der Waals surface area contributed by atoms with Crippen LogP contribution < -0.4 is 0 Å². The Morgan fingerprint density at radius 1 is 0.800 bits per heavy atom. The number of carbonyl (C=O) groups is 3. The highest BCUT2D eigenvalue weighted by Gasteiger charge is 2.46. The van der Waals surface area contributed by atoms with Crippen molar-refractivity contribution in [1.29, 1.82) is 0 Å². The molecule has 25 heavy (non-hydrogen) atoms. The van der Waals surface area contributed by atoms with Crippen molar-refractivity contribution in [3.63, 3.8) is 0 Å². The second-order valence-corrected chi connectivity index (χ2v) is 6.06. The first-order valence-electron chi connectivity index (χ1n) is 7.75. The monoisotopic (exact) mass is 352 g/mol. The third-order valence-electron chi connectivity index (χ3n) is 3.47. The van der Waals surface area contributed by atoms with E-state index in [0.717, 1.165) is 0 Å². The lowest BCUT2D eigenvalue weighted by Gasteiger charge is -2.39. The fraction of sp³-hybridized carbons (Fsp3) is 0.500. The molecule has 0 radical (unpaired) electrons. The van der Waals surface area contributed by atoms with Gasteiger partial charge in [0.1, 0.15) is 0 Å². The Balaban J connectivity index is 3.09. The fourth-order valence-electron chi connectivity index (χ4n) is 2.01. The van der Waals surface area contributed by atoms with E-state index in [1.54, 1.807) is 6.92 Å². The molecule has 0 aliphatic carbocycles.